The second kappa shape index (κ2) is 4.65. The summed E-state index contributed by atoms with van der Waals surface area (Å²) in [5, 5.41) is 0. The Morgan fingerprint density at radius 3 is 2.29 bits per heavy atom. The first-order valence-corrected chi connectivity index (χ1v) is 5.11. The van der Waals surface area contributed by atoms with Crippen molar-refractivity contribution in [3.63, 3.8) is 0 Å². The third-order valence-corrected chi connectivity index (χ3v) is 2.31. The molecule has 0 atom stereocenters. The van der Waals surface area contributed by atoms with E-state index in [0.29, 0.717) is 22.8 Å². The highest BCUT2D eigenvalue weighted by Gasteiger charge is 2.02. The van der Waals surface area contributed by atoms with E-state index in [1.165, 1.54) is 12.1 Å². The van der Waals surface area contributed by atoms with Crippen LogP contribution in [0.5, 0.6) is 0 Å². The van der Waals surface area contributed by atoms with Crippen molar-refractivity contribution >= 4 is 17.2 Å². The van der Waals surface area contributed by atoms with Crippen LogP contribution in [0, 0.1) is 5.82 Å². The van der Waals surface area contributed by atoms with Gasteiger partial charge in [-0.25, -0.2) is 9.38 Å². The first-order chi connectivity index (χ1) is 8.16. The van der Waals surface area contributed by atoms with Crippen LogP contribution in [0.3, 0.4) is 0 Å². The number of nitrogen functional groups attached to an aromatic ring is 1. The van der Waals surface area contributed by atoms with Crippen LogP contribution in [0.2, 0.25) is 0 Å². The van der Waals surface area contributed by atoms with Crippen LogP contribution in [0.4, 0.5) is 15.8 Å². The van der Waals surface area contributed by atoms with Crippen molar-refractivity contribution in [2.75, 3.05) is 5.73 Å². The number of rotatable bonds is 2. The highest BCUT2D eigenvalue weighted by atomic mass is 19.1. The van der Waals surface area contributed by atoms with E-state index in [-0.39, 0.29) is 5.82 Å². The molecule has 2 aromatic carbocycles. The summed E-state index contributed by atoms with van der Waals surface area (Å²) in [7, 11) is 0. The van der Waals surface area contributed by atoms with E-state index >= 15 is 0 Å². The second-order valence-electron chi connectivity index (χ2n) is 3.56. The third kappa shape index (κ3) is 2.60. The Kier molecular flexibility index (Phi) is 3.05. The van der Waals surface area contributed by atoms with Gasteiger partial charge in [0.2, 0.25) is 0 Å². The number of nitrogens with two attached hydrogens (primary N) is 2. The van der Waals surface area contributed by atoms with E-state index < -0.39 is 0 Å². The molecular weight excluding hydrogens is 217 g/mol. The standard InChI is InChI=1S/C13H12FN3/c14-9-5-7-10(8-6-9)17-13(16)11-3-1-2-4-12(11)15/h1-8H,15H2,(H2,16,17). The Morgan fingerprint density at radius 2 is 1.65 bits per heavy atom. The molecule has 0 bridgehead atoms. The molecule has 2 aromatic rings. The van der Waals surface area contributed by atoms with Gasteiger partial charge >= 0.3 is 0 Å². The van der Waals surface area contributed by atoms with Gasteiger partial charge in [0.1, 0.15) is 11.7 Å². The maximum atomic E-state index is 12.7. The summed E-state index contributed by atoms with van der Waals surface area (Å²) < 4.78 is 12.7. The van der Waals surface area contributed by atoms with Gasteiger partial charge in [-0.2, -0.15) is 0 Å². The van der Waals surface area contributed by atoms with Gasteiger partial charge in [0.25, 0.3) is 0 Å². The molecule has 2 rings (SSSR count). The summed E-state index contributed by atoms with van der Waals surface area (Å²) in [6, 6.07) is 13.0. The quantitative estimate of drug-likeness (QED) is 0.472. The molecule has 0 saturated heterocycles. The average Bonchev–Trinajstić information content (AvgIpc) is 2.32. The minimum absolute atomic E-state index is 0.304. The largest absolute Gasteiger partial charge is 0.398 e. The monoisotopic (exact) mass is 229 g/mol. The number of nitrogens with zero attached hydrogens (tertiary/aromatic N) is 1. The summed E-state index contributed by atoms with van der Waals surface area (Å²) in [6.07, 6.45) is 0. The van der Waals surface area contributed by atoms with Crippen molar-refractivity contribution in [1.82, 2.24) is 0 Å². The lowest BCUT2D eigenvalue weighted by Gasteiger charge is -2.04. The third-order valence-electron chi connectivity index (χ3n) is 2.31. The highest BCUT2D eigenvalue weighted by molar-refractivity contribution is 6.03. The van der Waals surface area contributed by atoms with Gasteiger partial charge in [-0.15, -0.1) is 0 Å². The average molecular weight is 229 g/mol. The molecule has 0 heterocycles. The smallest absolute Gasteiger partial charge is 0.133 e. The van der Waals surface area contributed by atoms with Gasteiger partial charge in [0.05, 0.1) is 5.69 Å². The van der Waals surface area contributed by atoms with Crippen LogP contribution in [-0.4, -0.2) is 5.84 Å². The molecule has 0 spiro atoms. The molecule has 0 radical (unpaired) electrons. The Bertz CT molecular complexity index is 547. The topological polar surface area (TPSA) is 64.4 Å². The summed E-state index contributed by atoms with van der Waals surface area (Å²) in [5.41, 5.74) is 13.5. The normalized spacial score (nSPS) is 11.5. The highest BCUT2D eigenvalue weighted by Crippen LogP contribution is 2.16. The minimum atomic E-state index is -0.304. The fourth-order valence-corrected chi connectivity index (χ4v) is 1.45. The maximum absolute atomic E-state index is 12.7. The number of anilines is 1. The fourth-order valence-electron chi connectivity index (χ4n) is 1.45. The van der Waals surface area contributed by atoms with Crippen molar-refractivity contribution in [1.29, 1.82) is 0 Å². The molecule has 4 heteroatoms. The number of amidine groups is 1. The van der Waals surface area contributed by atoms with Gasteiger partial charge in [0.15, 0.2) is 0 Å². The molecule has 0 unspecified atom stereocenters. The number of benzene rings is 2. The number of aliphatic imine (C=N–C) groups is 1. The molecular formula is C13H12FN3. The second-order valence-corrected chi connectivity index (χ2v) is 3.56. The zero-order chi connectivity index (χ0) is 12.3. The van der Waals surface area contributed by atoms with E-state index in [4.69, 9.17) is 11.5 Å². The van der Waals surface area contributed by atoms with Gasteiger partial charge in [-0.3, -0.25) is 0 Å². The van der Waals surface area contributed by atoms with E-state index in [1.54, 1.807) is 24.3 Å². The van der Waals surface area contributed by atoms with Crippen LogP contribution in [0.15, 0.2) is 53.5 Å². The number of halogens is 1. The van der Waals surface area contributed by atoms with Crippen LogP contribution in [0.1, 0.15) is 5.56 Å². The Morgan fingerprint density at radius 1 is 1.00 bits per heavy atom. The first kappa shape index (κ1) is 11.1. The maximum Gasteiger partial charge on any atom is 0.133 e. The summed E-state index contributed by atoms with van der Waals surface area (Å²) in [4.78, 5) is 4.18. The van der Waals surface area contributed by atoms with Crippen molar-refractivity contribution in [2.24, 2.45) is 10.7 Å². The summed E-state index contributed by atoms with van der Waals surface area (Å²) in [6.45, 7) is 0. The Hall–Kier alpha value is -2.36. The summed E-state index contributed by atoms with van der Waals surface area (Å²) in [5.74, 6) is 0.0106. The first-order valence-electron chi connectivity index (χ1n) is 5.11. The van der Waals surface area contributed by atoms with E-state index in [0.717, 1.165) is 0 Å². The molecule has 0 aliphatic rings. The zero-order valence-electron chi connectivity index (χ0n) is 9.10. The lowest BCUT2D eigenvalue weighted by molar-refractivity contribution is 0.628. The molecule has 0 fully saturated rings. The fraction of sp³-hybridized carbons (Fsp3) is 0. The van der Waals surface area contributed by atoms with Gasteiger partial charge in [0, 0.05) is 11.3 Å². The van der Waals surface area contributed by atoms with E-state index in [1.807, 2.05) is 12.1 Å². The zero-order valence-corrected chi connectivity index (χ0v) is 9.10. The van der Waals surface area contributed by atoms with Gasteiger partial charge < -0.3 is 11.5 Å². The SMILES string of the molecule is NC(=Nc1ccc(F)cc1)c1ccccc1N. The van der Waals surface area contributed by atoms with Gasteiger partial charge in [-0.05, 0) is 36.4 Å². The van der Waals surface area contributed by atoms with Crippen LogP contribution in [-0.2, 0) is 0 Å². The van der Waals surface area contributed by atoms with Crippen LogP contribution < -0.4 is 11.5 Å². The van der Waals surface area contributed by atoms with E-state index in [9.17, 15) is 4.39 Å². The minimum Gasteiger partial charge on any atom is -0.398 e. The lowest BCUT2D eigenvalue weighted by Crippen LogP contribution is -2.14. The van der Waals surface area contributed by atoms with E-state index in [2.05, 4.69) is 4.99 Å². The molecule has 0 aliphatic carbocycles. The van der Waals surface area contributed by atoms with Crippen molar-refractivity contribution in [2.45, 2.75) is 0 Å². The van der Waals surface area contributed by atoms with Crippen molar-refractivity contribution < 1.29 is 4.39 Å². The van der Waals surface area contributed by atoms with Crippen molar-refractivity contribution in [3.8, 4) is 0 Å². The molecule has 3 nitrogen and oxygen atoms in total. The Balaban J connectivity index is 2.34. The molecule has 0 amide bonds. The number of hydrogen-bond donors (Lipinski definition) is 2. The number of hydrogen-bond acceptors (Lipinski definition) is 2. The molecule has 17 heavy (non-hydrogen) atoms. The molecule has 86 valence electrons. The molecule has 4 N–H and O–H groups in total. The van der Waals surface area contributed by atoms with Gasteiger partial charge in [-0.1, -0.05) is 12.1 Å². The Labute approximate surface area is 98.6 Å². The lowest BCUT2D eigenvalue weighted by atomic mass is 10.1. The molecule has 0 saturated carbocycles. The summed E-state index contributed by atoms with van der Waals surface area (Å²) >= 11 is 0. The predicted octanol–water partition coefficient (Wildman–Crippen LogP) is 2.44. The molecule has 0 aliphatic heterocycles. The predicted molar refractivity (Wildman–Crippen MR) is 67.6 cm³/mol. The van der Waals surface area contributed by atoms with Crippen LogP contribution in [0.25, 0.3) is 0 Å². The molecule has 0 aromatic heterocycles. The number of para-hydroxylation sites is 1. The van der Waals surface area contributed by atoms with Crippen molar-refractivity contribution in [3.05, 3.63) is 59.9 Å². The van der Waals surface area contributed by atoms with Crippen LogP contribution >= 0.6 is 0 Å².